The second kappa shape index (κ2) is 11.2. The number of ether oxygens (including phenoxy) is 2. The van der Waals surface area contributed by atoms with Crippen molar-refractivity contribution in [1.82, 2.24) is 14.7 Å². The van der Waals surface area contributed by atoms with Crippen LogP contribution in [0, 0.1) is 0 Å². The highest BCUT2D eigenvalue weighted by Gasteiger charge is 2.27. The van der Waals surface area contributed by atoms with Gasteiger partial charge in [-0.3, -0.25) is 14.5 Å². The van der Waals surface area contributed by atoms with Crippen molar-refractivity contribution < 1.29 is 19.1 Å². The predicted molar refractivity (Wildman–Crippen MR) is 132 cm³/mol. The molecule has 0 bridgehead atoms. The number of carbonyl (C=O) groups is 2. The summed E-state index contributed by atoms with van der Waals surface area (Å²) in [7, 11) is 3.61. The molecular formula is C26H32ClN3O4. The fraction of sp³-hybridized carbons (Fsp3) is 0.462. The minimum Gasteiger partial charge on any atom is -0.494 e. The number of hydrogen-bond donors (Lipinski definition) is 0. The zero-order valence-electron chi connectivity index (χ0n) is 19.9. The maximum absolute atomic E-state index is 12.7. The van der Waals surface area contributed by atoms with Crippen molar-refractivity contribution in [2.75, 3.05) is 60.0 Å². The van der Waals surface area contributed by atoms with Gasteiger partial charge in [0, 0.05) is 51.4 Å². The largest absolute Gasteiger partial charge is 0.494 e. The van der Waals surface area contributed by atoms with Gasteiger partial charge >= 0.3 is 0 Å². The lowest BCUT2D eigenvalue weighted by Crippen LogP contribution is -2.49. The van der Waals surface area contributed by atoms with Crippen LogP contribution in [0.2, 0.25) is 5.02 Å². The normalized spacial score (nSPS) is 15.4. The van der Waals surface area contributed by atoms with Crippen molar-refractivity contribution in [3.05, 3.63) is 52.5 Å². The van der Waals surface area contributed by atoms with Gasteiger partial charge in [0.25, 0.3) is 0 Å². The van der Waals surface area contributed by atoms with Crippen molar-refractivity contribution >= 4 is 23.3 Å². The predicted octanol–water partition coefficient (Wildman–Crippen LogP) is 3.93. The van der Waals surface area contributed by atoms with Gasteiger partial charge in [-0.1, -0.05) is 11.6 Å². The molecule has 2 heterocycles. The number of amides is 1. The number of halogens is 1. The summed E-state index contributed by atoms with van der Waals surface area (Å²) < 4.78 is 11.1. The molecule has 4 rings (SSSR count). The van der Waals surface area contributed by atoms with Gasteiger partial charge in [-0.15, -0.1) is 0 Å². The lowest BCUT2D eigenvalue weighted by atomic mass is 10.0. The Morgan fingerprint density at radius 1 is 0.971 bits per heavy atom. The molecule has 2 aromatic carbocycles. The molecule has 34 heavy (non-hydrogen) atoms. The Bertz CT molecular complexity index is 1020. The molecule has 0 N–H and O–H groups in total. The number of unbranched alkanes of at least 4 members (excludes halogenated alkanes) is 2. The molecule has 0 aliphatic carbocycles. The Hall–Kier alpha value is -2.61. The molecule has 2 aliphatic heterocycles. The van der Waals surface area contributed by atoms with Gasteiger partial charge < -0.3 is 19.3 Å². The van der Waals surface area contributed by atoms with Crippen LogP contribution in [-0.4, -0.2) is 86.4 Å². The first-order valence-electron chi connectivity index (χ1n) is 11.8. The number of fused-ring (bicyclic) bond motifs is 1. The number of carbonyl (C=O) groups excluding carboxylic acids is 2. The summed E-state index contributed by atoms with van der Waals surface area (Å²) in [6.45, 7) is 6.21. The second-order valence-corrected chi connectivity index (χ2v) is 9.46. The molecular weight excluding hydrogens is 454 g/mol. The maximum Gasteiger partial charge on any atom is 0.236 e. The number of piperazine rings is 1. The van der Waals surface area contributed by atoms with Crippen LogP contribution in [0.25, 0.3) is 0 Å². The molecule has 2 aliphatic rings. The third-order valence-corrected chi connectivity index (χ3v) is 6.55. The first-order chi connectivity index (χ1) is 16.4. The van der Waals surface area contributed by atoms with Gasteiger partial charge in [0.15, 0.2) is 17.3 Å². The minimum atomic E-state index is -0.0862. The summed E-state index contributed by atoms with van der Waals surface area (Å²) in [5.74, 6) is 2.19. The summed E-state index contributed by atoms with van der Waals surface area (Å²) >= 11 is 6.08. The molecule has 0 aromatic heterocycles. The maximum atomic E-state index is 12.7. The van der Waals surface area contributed by atoms with E-state index in [2.05, 4.69) is 9.80 Å². The summed E-state index contributed by atoms with van der Waals surface area (Å²) in [4.78, 5) is 30.9. The Labute approximate surface area is 206 Å². The molecule has 0 atom stereocenters. The Morgan fingerprint density at radius 2 is 1.68 bits per heavy atom. The highest BCUT2D eigenvalue weighted by molar-refractivity contribution is 6.33. The monoisotopic (exact) mass is 485 g/mol. The van der Waals surface area contributed by atoms with Crippen LogP contribution in [-0.2, 0) is 4.79 Å². The van der Waals surface area contributed by atoms with Crippen molar-refractivity contribution in [2.45, 2.75) is 19.3 Å². The van der Waals surface area contributed by atoms with Gasteiger partial charge in [-0.25, -0.2) is 0 Å². The quantitative estimate of drug-likeness (QED) is 0.233. The van der Waals surface area contributed by atoms with Gasteiger partial charge in [0.05, 0.1) is 18.2 Å². The molecule has 1 amide bonds. The van der Waals surface area contributed by atoms with Crippen LogP contribution in [0.4, 0.5) is 0 Å². The van der Waals surface area contributed by atoms with Gasteiger partial charge in [0.1, 0.15) is 5.75 Å². The van der Waals surface area contributed by atoms with E-state index in [0.717, 1.165) is 57.7 Å². The van der Waals surface area contributed by atoms with E-state index in [4.69, 9.17) is 21.1 Å². The lowest BCUT2D eigenvalue weighted by molar-refractivity contribution is -0.130. The number of rotatable bonds is 11. The molecule has 1 saturated heterocycles. The molecule has 2 aromatic rings. The molecule has 0 unspecified atom stereocenters. The Balaban J connectivity index is 1.09. The van der Waals surface area contributed by atoms with Gasteiger partial charge in [0.2, 0.25) is 5.91 Å². The van der Waals surface area contributed by atoms with Crippen LogP contribution in [0.5, 0.6) is 17.2 Å². The van der Waals surface area contributed by atoms with Crippen molar-refractivity contribution in [3.63, 3.8) is 0 Å². The molecule has 7 nitrogen and oxygen atoms in total. The van der Waals surface area contributed by atoms with E-state index >= 15 is 0 Å². The fourth-order valence-electron chi connectivity index (χ4n) is 4.04. The summed E-state index contributed by atoms with van der Waals surface area (Å²) in [6.07, 6.45) is 3.24. The fourth-order valence-corrected chi connectivity index (χ4v) is 4.29. The van der Waals surface area contributed by atoms with E-state index in [0.29, 0.717) is 40.8 Å². The molecule has 0 radical (unpaired) electrons. The summed E-state index contributed by atoms with van der Waals surface area (Å²) in [6, 6.07) is 10.6. The smallest absolute Gasteiger partial charge is 0.236 e. The Morgan fingerprint density at radius 3 is 2.35 bits per heavy atom. The topological polar surface area (TPSA) is 65.6 Å². The zero-order valence-corrected chi connectivity index (χ0v) is 20.6. The number of ketones is 1. The SMILES string of the molecule is CN(C)C(=O)CN1CCN(CCCCCOc2ccc(C(=O)c3cc(Cl)c4c(c3)O4)cc2)CC1. The number of benzene rings is 2. The van der Waals surface area contributed by atoms with Crippen LogP contribution in [0.3, 0.4) is 0 Å². The first-order valence-corrected chi connectivity index (χ1v) is 12.2. The standard InChI is InChI=1S/C26H32ClN3O4/c1-28(2)24(31)18-30-13-11-29(12-14-30)10-4-3-5-15-33-21-8-6-19(7-9-21)25(32)20-16-22(27)26-23(17-20)34-26/h6-9,16-17H,3-5,10-15,18H2,1-2H3. The third-order valence-electron chi connectivity index (χ3n) is 6.27. The molecule has 1 fully saturated rings. The summed E-state index contributed by atoms with van der Waals surface area (Å²) in [5.41, 5.74) is 1.12. The number of hydrogen-bond acceptors (Lipinski definition) is 6. The average Bonchev–Trinajstić information content (AvgIpc) is 3.62. The van der Waals surface area contributed by atoms with Crippen LogP contribution in [0.15, 0.2) is 36.4 Å². The van der Waals surface area contributed by atoms with Gasteiger partial charge in [-0.05, 0) is 62.2 Å². The zero-order chi connectivity index (χ0) is 24.1. The highest BCUT2D eigenvalue weighted by atomic mass is 35.5. The highest BCUT2D eigenvalue weighted by Crippen LogP contribution is 2.51. The third kappa shape index (κ3) is 6.50. The molecule has 0 spiro atoms. The molecule has 8 heteroatoms. The van der Waals surface area contributed by atoms with Crippen molar-refractivity contribution in [2.24, 2.45) is 0 Å². The average molecular weight is 486 g/mol. The second-order valence-electron chi connectivity index (χ2n) is 9.06. The van der Waals surface area contributed by atoms with E-state index in [1.165, 1.54) is 0 Å². The Kier molecular flexibility index (Phi) is 8.08. The first kappa shape index (κ1) is 24.5. The van der Waals surface area contributed by atoms with E-state index in [9.17, 15) is 9.59 Å². The van der Waals surface area contributed by atoms with E-state index < -0.39 is 0 Å². The lowest BCUT2D eigenvalue weighted by Gasteiger charge is -2.34. The van der Waals surface area contributed by atoms with E-state index in [1.807, 2.05) is 12.1 Å². The van der Waals surface area contributed by atoms with Gasteiger partial charge in [-0.2, -0.15) is 0 Å². The molecule has 0 saturated carbocycles. The van der Waals surface area contributed by atoms with E-state index in [1.54, 1.807) is 43.3 Å². The number of likely N-dealkylation sites (N-methyl/N-ethyl adjacent to an activating group) is 1. The van der Waals surface area contributed by atoms with Crippen molar-refractivity contribution in [3.8, 4) is 17.2 Å². The number of nitrogens with zero attached hydrogens (tertiary/aromatic N) is 3. The summed E-state index contributed by atoms with van der Waals surface area (Å²) in [5, 5.41) is 0.472. The van der Waals surface area contributed by atoms with Crippen LogP contribution >= 0.6 is 11.6 Å². The van der Waals surface area contributed by atoms with Crippen molar-refractivity contribution in [1.29, 1.82) is 0 Å². The van der Waals surface area contributed by atoms with E-state index in [-0.39, 0.29) is 11.7 Å². The van der Waals surface area contributed by atoms with Crippen LogP contribution < -0.4 is 9.47 Å². The minimum absolute atomic E-state index is 0.0862. The molecule has 182 valence electrons. The van der Waals surface area contributed by atoms with Crippen LogP contribution in [0.1, 0.15) is 35.2 Å².